The van der Waals surface area contributed by atoms with E-state index in [0.29, 0.717) is 17.8 Å². The third-order valence-electron chi connectivity index (χ3n) is 3.16. The van der Waals surface area contributed by atoms with Crippen molar-refractivity contribution in [2.24, 2.45) is 0 Å². The summed E-state index contributed by atoms with van der Waals surface area (Å²) in [6.07, 6.45) is 0.637. The highest BCUT2D eigenvalue weighted by atomic mass is 19.1. The van der Waals surface area contributed by atoms with Gasteiger partial charge in [0.15, 0.2) is 11.6 Å². The van der Waals surface area contributed by atoms with Crippen molar-refractivity contribution in [3.8, 4) is 5.75 Å². The van der Waals surface area contributed by atoms with E-state index in [1.54, 1.807) is 13.0 Å². The minimum atomic E-state index is -0.671. The molecule has 5 heteroatoms. The molecule has 1 unspecified atom stereocenters. The number of hydrogen-bond donors (Lipinski definition) is 2. The Hall–Kier alpha value is -1.78. The van der Waals surface area contributed by atoms with Crippen LogP contribution in [0.1, 0.15) is 20.3 Å². The number of ether oxygens (including phenoxy) is 1. The summed E-state index contributed by atoms with van der Waals surface area (Å²) in [5, 5.41) is 5.81. The SMILES string of the molecule is CCC1(C)Nc2cc(OC)c(F)cc2NC1=O. The maximum atomic E-state index is 13.5. The van der Waals surface area contributed by atoms with Crippen LogP contribution in [0.3, 0.4) is 0 Å². The largest absolute Gasteiger partial charge is 0.494 e. The van der Waals surface area contributed by atoms with Gasteiger partial charge in [0.25, 0.3) is 0 Å². The molecule has 2 rings (SSSR count). The fourth-order valence-corrected chi connectivity index (χ4v) is 1.78. The van der Waals surface area contributed by atoms with Crippen LogP contribution in [-0.2, 0) is 4.79 Å². The number of benzene rings is 1. The number of methoxy groups -OCH3 is 1. The second kappa shape index (κ2) is 3.91. The molecule has 17 heavy (non-hydrogen) atoms. The number of nitrogens with one attached hydrogen (secondary N) is 2. The maximum Gasteiger partial charge on any atom is 0.249 e. The summed E-state index contributed by atoms with van der Waals surface area (Å²) in [5.41, 5.74) is 0.446. The molecular formula is C12H15FN2O2. The van der Waals surface area contributed by atoms with Crippen LogP contribution in [0, 0.1) is 5.82 Å². The fraction of sp³-hybridized carbons (Fsp3) is 0.417. The van der Waals surface area contributed by atoms with Crippen LogP contribution in [0.25, 0.3) is 0 Å². The summed E-state index contributed by atoms with van der Waals surface area (Å²) in [7, 11) is 1.41. The second-order valence-corrected chi connectivity index (χ2v) is 4.30. The number of fused-ring (bicyclic) bond motifs is 1. The standard InChI is InChI=1S/C12H15FN2O2/c1-4-12(2)11(16)14-8-5-7(13)10(17-3)6-9(8)15-12/h5-6,15H,4H2,1-3H3,(H,14,16). The van der Waals surface area contributed by atoms with Crippen molar-refractivity contribution in [1.29, 1.82) is 0 Å². The van der Waals surface area contributed by atoms with Crippen LogP contribution in [0.5, 0.6) is 5.75 Å². The van der Waals surface area contributed by atoms with Gasteiger partial charge in [-0.3, -0.25) is 4.79 Å². The van der Waals surface area contributed by atoms with E-state index in [0.717, 1.165) is 0 Å². The molecule has 1 aliphatic rings. The Morgan fingerprint density at radius 1 is 1.41 bits per heavy atom. The number of carbonyl (C=O) groups excluding carboxylic acids is 1. The Morgan fingerprint density at radius 3 is 2.71 bits per heavy atom. The van der Waals surface area contributed by atoms with Gasteiger partial charge in [0.1, 0.15) is 5.54 Å². The zero-order valence-electron chi connectivity index (χ0n) is 10.1. The van der Waals surface area contributed by atoms with Gasteiger partial charge in [-0.15, -0.1) is 0 Å². The number of hydrogen-bond acceptors (Lipinski definition) is 3. The molecule has 0 aromatic heterocycles. The van der Waals surface area contributed by atoms with Crippen LogP contribution in [0.4, 0.5) is 15.8 Å². The molecule has 1 aliphatic heterocycles. The number of carbonyl (C=O) groups is 1. The first-order chi connectivity index (χ1) is 8.00. The van der Waals surface area contributed by atoms with Gasteiger partial charge in [0.2, 0.25) is 5.91 Å². The third-order valence-corrected chi connectivity index (χ3v) is 3.16. The Bertz CT molecular complexity index is 476. The average molecular weight is 238 g/mol. The minimum absolute atomic E-state index is 0.155. The van der Waals surface area contributed by atoms with Gasteiger partial charge in [0, 0.05) is 12.1 Å². The molecule has 0 fully saturated rings. The zero-order valence-corrected chi connectivity index (χ0v) is 10.1. The Morgan fingerprint density at radius 2 is 2.12 bits per heavy atom. The van der Waals surface area contributed by atoms with Crippen LogP contribution >= 0.6 is 0 Å². The van der Waals surface area contributed by atoms with Crippen LogP contribution in [0.2, 0.25) is 0 Å². The van der Waals surface area contributed by atoms with E-state index in [9.17, 15) is 9.18 Å². The van der Waals surface area contributed by atoms with Gasteiger partial charge in [-0.2, -0.15) is 0 Å². The van der Waals surface area contributed by atoms with Crippen LogP contribution in [0.15, 0.2) is 12.1 Å². The number of halogens is 1. The van der Waals surface area contributed by atoms with Crippen molar-refractivity contribution < 1.29 is 13.9 Å². The summed E-state index contributed by atoms with van der Waals surface area (Å²) in [6.45, 7) is 3.72. The molecule has 0 radical (unpaired) electrons. The summed E-state index contributed by atoms with van der Waals surface area (Å²) >= 11 is 0. The predicted octanol–water partition coefficient (Wildman–Crippen LogP) is 2.37. The van der Waals surface area contributed by atoms with E-state index in [-0.39, 0.29) is 11.7 Å². The molecule has 1 aromatic carbocycles. The summed E-state index contributed by atoms with van der Waals surface area (Å²) in [4.78, 5) is 11.8. The van der Waals surface area contributed by atoms with Crippen molar-refractivity contribution >= 4 is 17.3 Å². The van der Waals surface area contributed by atoms with Crippen molar-refractivity contribution in [2.45, 2.75) is 25.8 Å². The molecule has 0 bridgehead atoms. The molecule has 1 amide bonds. The first-order valence-corrected chi connectivity index (χ1v) is 5.47. The topological polar surface area (TPSA) is 50.4 Å². The Labute approximate surface area is 99.2 Å². The van der Waals surface area contributed by atoms with Crippen molar-refractivity contribution in [2.75, 3.05) is 17.7 Å². The lowest BCUT2D eigenvalue weighted by Crippen LogP contribution is -2.49. The lowest BCUT2D eigenvalue weighted by atomic mass is 9.94. The van der Waals surface area contributed by atoms with Gasteiger partial charge in [0.05, 0.1) is 18.5 Å². The van der Waals surface area contributed by atoms with Crippen LogP contribution < -0.4 is 15.4 Å². The molecule has 0 aliphatic carbocycles. The molecule has 0 saturated heterocycles. The van der Waals surface area contributed by atoms with E-state index in [1.165, 1.54) is 13.2 Å². The molecule has 1 aromatic rings. The first-order valence-electron chi connectivity index (χ1n) is 5.47. The Balaban J connectivity index is 2.46. The van der Waals surface area contributed by atoms with E-state index < -0.39 is 11.4 Å². The molecule has 0 saturated carbocycles. The van der Waals surface area contributed by atoms with Gasteiger partial charge in [-0.25, -0.2) is 4.39 Å². The highest BCUT2D eigenvalue weighted by molar-refractivity contribution is 6.05. The van der Waals surface area contributed by atoms with Gasteiger partial charge >= 0.3 is 0 Å². The predicted molar refractivity (Wildman–Crippen MR) is 63.9 cm³/mol. The smallest absolute Gasteiger partial charge is 0.249 e. The lowest BCUT2D eigenvalue weighted by Gasteiger charge is -2.35. The van der Waals surface area contributed by atoms with Gasteiger partial charge in [-0.05, 0) is 13.3 Å². The fourth-order valence-electron chi connectivity index (χ4n) is 1.78. The summed E-state index contributed by atoms with van der Waals surface area (Å²) in [6, 6.07) is 2.81. The normalized spacial score (nSPS) is 22.5. The molecule has 1 heterocycles. The highest BCUT2D eigenvalue weighted by Gasteiger charge is 2.36. The Kier molecular flexibility index (Phi) is 2.69. The van der Waals surface area contributed by atoms with Crippen molar-refractivity contribution in [1.82, 2.24) is 0 Å². The average Bonchev–Trinajstić information content (AvgIpc) is 2.31. The quantitative estimate of drug-likeness (QED) is 0.831. The van der Waals surface area contributed by atoms with Crippen LogP contribution in [-0.4, -0.2) is 18.6 Å². The third kappa shape index (κ3) is 1.81. The minimum Gasteiger partial charge on any atom is -0.494 e. The zero-order chi connectivity index (χ0) is 12.6. The van der Waals surface area contributed by atoms with E-state index in [1.807, 2.05) is 6.92 Å². The number of rotatable bonds is 2. The lowest BCUT2D eigenvalue weighted by molar-refractivity contribution is -0.120. The molecule has 2 N–H and O–H groups in total. The monoisotopic (exact) mass is 238 g/mol. The molecule has 0 spiro atoms. The summed E-state index contributed by atoms with van der Waals surface area (Å²) < 4.78 is 18.4. The van der Waals surface area contributed by atoms with E-state index in [4.69, 9.17) is 4.74 Å². The first kappa shape index (κ1) is 11.7. The summed E-state index contributed by atoms with van der Waals surface area (Å²) in [5.74, 6) is -0.489. The van der Waals surface area contributed by atoms with Gasteiger partial charge < -0.3 is 15.4 Å². The van der Waals surface area contributed by atoms with E-state index >= 15 is 0 Å². The van der Waals surface area contributed by atoms with Crippen molar-refractivity contribution in [3.63, 3.8) is 0 Å². The molecule has 4 nitrogen and oxygen atoms in total. The molecule has 92 valence electrons. The number of anilines is 2. The molecule has 1 atom stereocenters. The van der Waals surface area contributed by atoms with E-state index in [2.05, 4.69) is 10.6 Å². The second-order valence-electron chi connectivity index (χ2n) is 4.30. The molecular weight excluding hydrogens is 223 g/mol. The van der Waals surface area contributed by atoms with Crippen molar-refractivity contribution in [3.05, 3.63) is 17.9 Å². The maximum absolute atomic E-state index is 13.5. The highest BCUT2D eigenvalue weighted by Crippen LogP contribution is 2.36. The number of amides is 1. The van der Waals surface area contributed by atoms with Gasteiger partial charge in [-0.1, -0.05) is 6.92 Å².